The van der Waals surface area contributed by atoms with Crippen LogP contribution in [-0.4, -0.2) is 12.8 Å². The molecule has 1 aliphatic rings. The minimum atomic E-state index is -0.256. The van der Waals surface area contributed by atoms with Crippen LogP contribution in [-0.2, 0) is 4.79 Å². The van der Waals surface area contributed by atoms with Gasteiger partial charge >= 0.3 is 5.97 Å². The maximum atomic E-state index is 11.3. The average molecular weight is 208 g/mol. The second-order valence-corrected chi connectivity index (χ2v) is 3.59. The molecule has 1 aliphatic heterocycles. The van der Waals surface area contributed by atoms with Crippen LogP contribution in [0.25, 0.3) is 0 Å². The summed E-state index contributed by atoms with van der Waals surface area (Å²) in [5.74, 6) is 1.38. The number of esters is 1. The van der Waals surface area contributed by atoms with Gasteiger partial charge in [-0.05, 0) is 12.1 Å². The molecular weight excluding hydrogens is 196 g/mol. The maximum Gasteiger partial charge on any atom is 0.313 e. The molecule has 0 saturated carbocycles. The summed E-state index contributed by atoms with van der Waals surface area (Å²) in [6.45, 7) is 3.79. The number of rotatable bonds is 2. The molecule has 0 radical (unpaired) electrons. The van der Waals surface area contributed by atoms with E-state index in [-0.39, 0.29) is 18.7 Å². The van der Waals surface area contributed by atoms with Gasteiger partial charge in [0.25, 0.3) is 0 Å². The zero-order chi connectivity index (χ0) is 10.8. The minimum absolute atomic E-state index is 0.143. The highest BCUT2D eigenvalue weighted by molar-refractivity contribution is 5.74. The van der Waals surface area contributed by atoms with E-state index in [0.29, 0.717) is 17.2 Å². The number of benzene rings is 1. The second kappa shape index (κ2) is 3.81. The topological polar surface area (TPSA) is 44.8 Å². The van der Waals surface area contributed by atoms with E-state index < -0.39 is 0 Å². The summed E-state index contributed by atoms with van der Waals surface area (Å²) < 4.78 is 15.4. The van der Waals surface area contributed by atoms with Gasteiger partial charge in [0, 0.05) is 6.07 Å². The Labute approximate surface area is 87.8 Å². The molecule has 1 aromatic rings. The lowest BCUT2D eigenvalue weighted by atomic mass is 10.2. The third-order valence-corrected chi connectivity index (χ3v) is 2.03. The largest absolute Gasteiger partial charge is 0.454 e. The standard InChI is InChI=1S/C11H12O4/c1-7(2)11(12)15-8-3-4-9-10(5-8)14-6-13-9/h3-5,7H,6H2,1-2H3. The second-order valence-electron chi connectivity index (χ2n) is 3.59. The molecule has 0 aromatic heterocycles. The van der Waals surface area contributed by atoms with Gasteiger partial charge in [-0.2, -0.15) is 0 Å². The fourth-order valence-corrected chi connectivity index (χ4v) is 1.17. The van der Waals surface area contributed by atoms with Crippen molar-refractivity contribution >= 4 is 5.97 Å². The molecule has 0 fully saturated rings. The van der Waals surface area contributed by atoms with Crippen molar-refractivity contribution in [3.05, 3.63) is 18.2 Å². The van der Waals surface area contributed by atoms with E-state index in [0.717, 1.165) is 0 Å². The third kappa shape index (κ3) is 2.03. The van der Waals surface area contributed by atoms with Crippen molar-refractivity contribution in [2.45, 2.75) is 13.8 Å². The Kier molecular flexibility index (Phi) is 2.49. The molecule has 0 bridgehead atoms. The first kappa shape index (κ1) is 9.83. The monoisotopic (exact) mass is 208 g/mol. The van der Waals surface area contributed by atoms with Crippen molar-refractivity contribution in [3.8, 4) is 17.2 Å². The summed E-state index contributed by atoms with van der Waals surface area (Å²) in [5, 5.41) is 0. The van der Waals surface area contributed by atoms with Crippen LogP contribution in [0.15, 0.2) is 18.2 Å². The highest BCUT2D eigenvalue weighted by atomic mass is 16.7. The van der Waals surface area contributed by atoms with E-state index in [2.05, 4.69) is 0 Å². The van der Waals surface area contributed by atoms with Gasteiger partial charge in [-0.25, -0.2) is 0 Å². The van der Waals surface area contributed by atoms with Crippen molar-refractivity contribution in [2.24, 2.45) is 5.92 Å². The van der Waals surface area contributed by atoms with Gasteiger partial charge in [0.2, 0.25) is 6.79 Å². The van der Waals surface area contributed by atoms with Crippen molar-refractivity contribution in [3.63, 3.8) is 0 Å². The highest BCUT2D eigenvalue weighted by Crippen LogP contribution is 2.35. The Bertz CT molecular complexity index is 384. The van der Waals surface area contributed by atoms with E-state index in [1.807, 2.05) is 0 Å². The Morgan fingerprint density at radius 2 is 2.07 bits per heavy atom. The molecule has 0 N–H and O–H groups in total. The van der Waals surface area contributed by atoms with Crippen molar-refractivity contribution in [2.75, 3.05) is 6.79 Å². The zero-order valence-electron chi connectivity index (χ0n) is 8.65. The van der Waals surface area contributed by atoms with E-state index in [9.17, 15) is 4.79 Å². The Morgan fingerprint density at radius 1 is 1.33 bits per heavy atom. The predicted molar refractivity (Wildman–Crippen MR) is 53.0 cm³/mol. The van der Waals surface area contributed by atoms with Gasteiger partial charge in [0.1, 0.15) is 5.75 Å². The summed E-state index contributed by atoms with van der Waals surface area (Å²) in [7, 11) is 0. The summed E-state index contributed by atoms with van der Waals surface area (Å²) in [6.07, 6.45) is 0. The van der Waals surface area contributed by atoms with E-state index in [1.54, 1.807) is 32.0 Å². The summed E-state index contributed by atoms with van der Waals surface area (Å²) >= 11 is 0. The van der Waals surface area contributed by atoms with Gasteiger partial charge in [-0.1, -0.05) is 13.8 Å². The minimum Gasteiger partial charge on any atom is -0.454 e. The summed E-state index contributed by atoms with van der Waals surface area (Å²) in [6, 6.07) is 5.07. The fraction of sp³-hybridized carbons (Fsp3) is 0.364. The molecule has 0 amide bonds. The molecule has 4 nitrogen and oxygen atoms in total. The predicted octanol–water partition coefficient (Wildman–Crippen LogP) is 1.98. The number of hydrogen-bond acceptors (Lipinski definition) is 4. The smallest absolute Gasteiger partial charge is 0.313 e. The molecule has 80 valence electrons. The van der Waals surface area contributed by atoms with Crippen LogP contribution in [0.4, 0.5) is 0 Å². The number of carbonyl (C=O) groups excluding carboxylic acids is 1. The fourth-order valence-electron chi connectivity index (χ4n) is 1.17. The number of fused-ring (bicyclic) bond motifs is 1. The third-order valence-electron chi connectivity index (χ3n) is 2.03. The molecule has 15 heavy (non-hydrogen) atoms. The highest BCUT2D eigenvalue weighted by Gasteiger charge is 2.16. The van der Waals surface area contributed by atoms with E-state index in [4.69, 9.17) is 14.2 Å². The molecule has 1 aromatic carbocycles. The van der Waals surface area contributed by atoms with Gasteiger partial charge in [0.15, 0.2) is 11.5 Å². The van der Waals surface area contributed by atoms with Gasteiger partial charge in [-0.3, -0.25) is 4.79 Å². The molecule has 0 atom stereocenters. The number of hydrogen-bond donors (Lipinski definition) is 0. The Balaban J connectivity index is 2.13. The number of ether oxygens (including phenoxy) is 3. The molecule has 0 saturated heterocycles. The lowest BCUT2D eigenvalue weighted by Crippen LogP contribution is -2.14. The van der Waals surface area contributed by atoms with Crippen LogP contribution >= 0.6 is 0 Å². The first-order valence-corrected chi connectivity index (χ1v) is 4.78. The first-order valence-electron chi connectivity index (χ1n) is 4.78. The maximum absolute atomic E-state index is 11.3. The van der Waals surface area contributed by atoms with Crippen LogP contribution < -0.4 is 14.2 Å². The molecule has 4 heteroatoms. The average Bonchev–Trinajstić information content (AvgIpc) is 2.64. The van der Waals surface area contributed by atoms with Gasteiger partial charge < -0.3 is 14.2 Å². The normalized spacial score (nSPS) is 13.0. The lowest BCUT2D eigenvalue weighted by Gasteiger charge is -2.06. The molecule has 0 unspecified atom stereocenters. The van der Waals surface area contributed by atoms with E-state index in [1.165, 1.54) is 0 Å². The molecule has 1 heterocycles. The van der Waals surface area contributed by atoms with Crippen LogP contribution in [0.3, 0.4) is 0 Å². The SMILES string of the molecule is CC(C)C(=O)Oc1ccc2c(c1)OCO2. The van der Waals surface area contributed by atoms with Crippen molar-refractivity contribution in [1.29, 1.82) is 0 Å². The van der Waals surface area contributed by atoms with Crippen molar-refractivity contribution in [1.82, 2.24) is 0 Å². The Hall–Kier alpha value is -1.71. The molecule has 0 spiro atoms. The van der Waals surface area contributed by atoms with Gasteiger partial charge in [0.05, 0.1) is 5.92 Å². The Morgan fingerprint density at radius 3 is 2.80 bits per heavy atom. The van der Waals surface area contributed by atoms with Crippen LogP contribution in [0, 0.1) is 5.92 Å². The van der Waals surface area contributed by atoms with E-state index >= 15 is 0 Å². The quantitative estimate of drug-likeness (QED) is 0.550. The van der Waals surface area contributed by atoms with Gasteiger partial charge in [-0.15, -0.1) is 0 Å². The molecule has 2 rings (SSSR count). The first-order chi connectivity index (χ1) is 7.16. The van der Waals surface area contributed by atoms with Crippen molar-refractivity contribution < 1.29 is 19.0 Å². The summed E-state index contributed by atoms with van der Waals surface area (Å²) in [4.78, 5) is 11.3. The van der Waals surface area contributed by atoms with Crippen LogP contribution in [0.1, 0.15) is 13.8 Å². The van der Waals surface area contributed by atoms with Crippen LogP contribution in [0.5, 0.6) is 17.2 Å². The van der Waals surface area contributed by atoms with Crippen LogP contribution in [0.2, 0.25) is 0 Å². The zero-order valence-corrected chi connectivity index (χ0v) is 8.65. The molecule has 0 aliphatic carbocycles. The lowest BCUT2D eigenvalue weighted by molar-refractivity contribution is -0.137. The summed E-state index contributed by atoms with van der Waals surface area (Å²) in [5.41, 5.74) is 0. The molecular formula is C11H12O4. The number of carbonyl (C=O) groups is 1.